The van der Waals surface area contributed by atoms with Gasteiger partial charge in [-0.3, -0.25) is 4.79 Å². The summed E-state index contributed by atoms with van der Waals surface area (Å²) < 4.78 is 5.13. The van der Waals surface area contributed by atoms with Gasteiger partial charge in [0.15, 0.2) is 0 Å². The Morgan fingerprint density at radius 2 is 1.95 bits per heavy atom. The molecule has 2 aromatic rings. The van der Waals surface area contributed by atoms with E-state index in [1.807, 2.05) is 30.3 Å². The maximum absolute atomic E-state index is 12.0. The molecule has 0 bridgehead atoms. The van der Waals surface area contributed by atoms with Crippen molar-refractivity contribution in [2.45, 2.75) is 13.5 Å². The van der Waals surface area contributed by atoms with Crippen molar-refractivity contribution in [1.82, 2.24) is 0 Å². The Labute approximate surface area is 116 Å². The summed E-state index contributed by atoms with van der Waals surface area (Å²) in [4.78, 5) is 22.8. The van der Waals surface area contributed by atoms with Gasteiger partial charge in [0, 0.05) is 5.56 Å². The number of phenolic OH excluding ortho intramolecular Hbond substituents is 1. The van der Waals surface area contributed by atoms with E-state index >= 15 is 0 Å². The third kappa shape index (κ3) is 3.03. The molecule has 102 valence electrons. The van der Waals surface area contributed by atoms with Crippen molar-refractivity contribution >= 4 is 12.3 Å². The van der Waals surface area contributed by atoms with E-state index in [-0.39, 0.29) is 17.9 Å². The van der Waals surface area contributed by atoms with Gasteiger partial charge in [-0.1, -0.05) is 30.3 Å². The topological polar surface area (TPSA) is 63.6 Å². The summed E-state index contributed by atoms with van der Waals surface area (Å²) in [5.74, 6) is -0.813. The van der Waals surface area contributed by atoms with Crippen molar-refractivity contribution in [1.29, 1.82) is 0 Å². The molecule has 4 nitrogen and oxygen atoms in total. The molecule has 0 atom stereocenters. The number of hydrogen-bond donors (Lipinski definition) is 1. The molecule has 0 aliphatic carbocycles. The molecule has 2 rings (SSSR count). The average molecular weight is 270 g/mol. The van der Waals surface area contributed by atoms with Gasteiger partial charge < -0.3 is 9.84 Å². The van der Waals surface area contributed by atoms with E-state index in [0.29, 0.717) is 17.4 Å². The molecule has 0 saturated carbocycles. The third-order valence-electron chi connectivity index (χ3n) is 2.89. The lowest BCUT2D eigenvalue weighted by atomic mass is 10.1. The number of carbonyl (C=O) groups is 2. The maximum Gasteiger partial charge on any atom is 0.342 e. The Morgan fingerprint density at radius 3 is 2.60 bits per heavy atom. The second-order valence-corrected chi connectivity index (χ2v) is 4.41. The molecule has 0 spiro atoms. The van der Waals surface area contributed by atoms with Crippen LogP contribution in [-0.4, -0.2) is 17.4 Å². The zero-order chi connectivity index (χ0) is 14.5. The minimum Gasteiger partial charge on any atom is -0.507 e. The highest BCUT2D eigenvalue weighted by atomic mass is 16.5. The van der Waals surface area contributed by atoms with Crippen LogP contribution in [-0.2, 0) is 11.3 Å². The van der Waals surface area contributed by atoms with E-state index in [1.54, 1.807) is 6.92 Å². The first-order valence-corrected chi connectivity index (χ1v) is 6.11. The molecule has 0 aliphatic heterocycles. The van der Waals surface area contributed by atoms with Crippen molar-refractivity contribution in [2.75, 3.05) is 0 Å². The number of ether oxygens (including phenoxy) is 1. The first-order valence-electron chi connectivity index (χ1n) is 6.11. The van der Waals surface area contributed by atoms with Crippen LogP contribution in [0.25, 0.3) is 0 Å². The molecule has 0 unspecified atom stereocenters. The van der Waals surface area contributed by atoms with Crippen molar-refractivity contribution in [2.24, 2.45) is 0 Å². The van der Waals surface area contributed by atoms with Crippen LogP contribution in [0, 0.1) is 6.92 Å². The van der Waals surface area contributed by atoms with Crippen LogP contribution in [0.3, 0.4) is 0 Å². The first-order chi connectivity index (χ1) is 9.61. The predicted octanol–water partition coefficient (Wildman–Crippen LogP) is 2.87. The molecule has 0 heterocycles. The van der Waals surface area contributed by atoms with E-state index in [9.17, 15) is 14.7 Å². The summed E-state index contributed by atoms with van der Waals surface area (Å²) in [6, 6.07) is 12.1. The van der Waals surface area contributed by atoms with Gasteiger partial charge in [-0.05, 0) is 30.2 Å². The summed E-state index contributed by atoms with van der Waals surface area (Å²) in [6.07, 6.45) is 0.625. The second kappa shape index (κ2) is 6.02. The van der Waals surface area contributed by atoms with Gasteiger partial charge in [-0.2, -0.15) is 0 Å². The standard InChI is InChI=1S/C16H14O4/c1-11-7-13(9-17)8-14(15(11)18)16(19)20-10-12-5-3-2-4-6-12/h2-9,18H,10H2,1H3. The molecule has 0 amide bonds. The second-order valence-electron chi connectivity index (χ2n) is 4.41. The fraction of sp³-hybridized carbons (Fsp3) is 0.125. The SMILES string of the molecule is Cc1cc(C=O)cc(C(=O)OCc2ccccc2)c1O. The Kier molecular flexibility index (Phi) is 4.15. The summed E-state index contributed by atoms with van der Waals surface area (Å²) >= 11 is 0. The Bertz CT molecular complexity index is 632. The highest BCUT2D eigenvalue weighted by Crippen LogP contribution is 2.24. The number of aldehydes is 1. The smallest absolute Gasteiger partial charge is 0.342 e. The van der Waals surface area contributed by atoms with Crippen molar-refractivity contribution in [3.05, 3.63) is 64.7 Å². The summed E-state index contributed by atoms with van der Waals surface area (Å²) in [5.41, 5.74) is 1.64. The van der Waals surface area contributed by atoms with Crippen LogP contribution in [0.4, 0.5) is 0 Å². The lowest BCUT2D eigenvalue weighted by Gasteiger charge is -2.09. The van der Waals surface area contributed by atoms with Crippen molar-refractivity contribution < 1.29 is 19.4 Å². The fourth-order valence-electron chi connectivity index (χ4n) is 1.83. The monoisotopic (exact) mass is 270 g/mol. The Hall–Kier alpha value is -2.62. The molecule has 20 heavy (non-hydrogen) atoms. The third-order valence-corrected chi connectivity index (χ3v) is 2.89. The van der Waals surface area contributed by atoms with Crippen molar-refractivity contribution in [3.63, 3.8) is 0 Å². The summed E-state index contributed by atoms with van der Waals surface area (Å²) in [7, 11) is 0. The van der Waals surface area contributed by atoms with Crippen LogP contribution in [0.1, 0.15) is 31.8 Å². The average Bonchev–Trinajstić information content (AvgIpc) is 2.48. The van der Waals surface area contributed by atoms with E-state index in [2.05, 4.69) is 0 Å². The molecule has 0 fully saturated rings. The van der Waals surface area contributed by atoms with Gasteiger partial charge in [0.1, 0.15) is 24.2 Å². The Balaban J connectivity index is 2.17. The van der Waals surface area contributed by atoms with Crippen LogP contribution in [0.15, 0.2) is 42.5 Å². The zero-order valence-electron chi connectivity index (χ0n) is 11.0. The zero-order valence-corrected chi connectivity index (χ0v) is 11.0. The lowest BCUT2D eigenvalue weighted by Crippen LogP contribution is -2.07. The number of benzene rings is 2. The number of carbonyl (C=O) groups excluding carboxylic acids is 2. The predicted molar refractivity (Wildman–Crippen MR) is 73.8 cm³/mol. The molecule has 2 aromatic carbocycles. The van der Waals surface area contributed by atoms with Crippen molar-refractivity contribution in [3.8, 4) is 5.75 Å². The summed E-state index contributed by atoms with van der Waals surface area (Å²) in [6.45, 7) is 1.74. The molecule has 4 heteroatoms. The van der Waals surface area contributed by atoms with Crippen LogP contribution >= 0.6 is 0 Å². The van der Waals surface area contributed by atoms with E-state index in [4.69, 9.17) is 4.74 Å². The molecule has 0 aliphatic rings. The number of aryl methyl sites for hydroxylation is 1. The Morgan fingerprint density at radius 1 is 1.25 bits per heavy atom. The summed E-state index contributed by atoms with van der Waals surface area (Å²) in [5, 5.41) is 9.87. The van der Waals surface area contributed by atoms with E-state index in [0.717, 1.165) is 5.56 Å². The number of aromatic hydroxyl groups is 1. The number of rotatable bonds is 4. The molecular weight excluding hydrogens is 256 g/mol. The molecule has 0 aromatic heterocycles. The van der Waals surface area contributed by atoms with E-state index in [1.165, 1.54) is 12.1 Å². The number of hydrogen-bond acceptors (Lipinski definition) is 4. The van der Waals surface area contributed by atoms with Crippen LogP contribution in [0.2, 0.25) is 0 Å². The van der Waals surface area contributed by atoms with Gasteiger partial charge >= 0.3 is 5.97 Å². The van der Waals surface area contributed by atoms with Gasteiger partial charge in [0.05, 0.1) is 0 Å². The maximum atomic E-state index is 12.0. The quantitative estimate of drug-likeness (QED) is 0.685. The van der Waals surface area contributed by atoms with Crippen LogP contribution < -0.4 is 0 Å². The minimum absolute atomic E-state index is 0.00281. The van der Waals surface area contributed by atoms with Gasteiger partial charge in [-0.25, -0.2) is 4.79 Å². The molecule has 1 N–H and O–H groups in total. The van der Waals surface area contributed by atoms with Gasteiger partial charge in [0.25, 0.3) is 0 Å². The molecular formula is C16H14O4. The largest absolute Gasteiger partial charge is 0.507 e. The number of phenols is 1. The lowest BCUT2D eigenvalue weighted by molar-refractivity contribution is 0.0469. The van der Waals surface area contributed by atoms with Crippen LogP contribution in [0.5, 0.6) is 5.75 Å². The molecule has 0 radical (unpaired) electrons. The highest BCUT2D eigenvalue weighted by molar-refractivity contribution is 5.95. The van der Waals surface area contributed by atoms with Gasteiger partial charge in [-0.15, -0.1) is 0 Å². The first kappa shape index (κ1) is 13.8. The van der Waals surface area contributed by atoms with E-state index < -0.39 is 5.97 Å². The minimum atomic E-state index is -0.654. The number of esters is 1. The molecule has 0 saturated heterocycles. The highest BCUT2D eigenvalue weighted by Gasteiger charge is 2.16. The normalized spacial score (nSPS) is 10.1. The fourth-order valence-corrected chi connectivity index (χ4v) is 1.83. The van der Waals surface area contributed by atoms with Gasteiger partial charge in [0.2, 0.25) is 0 Å².